The summed E-state index contributed by atoms with van der Waals surface area (Å²) in [5.41, 5.74) is 4.30. The van der Waals surface area contributed by atoms with E-state index in [0.717, 1.165) is 22.4 Å². The van der Waals surface area contributed by atoms with E-state index in [1.54, 1.807) is 18.2 Å². The fourth-order valence-electron chi connectivity index (χ4n) is 2.89. The number of para-hydroxylation sites is 1. The van der Waals surface area contributed by atoms with Gasteiger partial charge in [0.25, 0.3) is 11.8 Å². The minimum absolute atomic E-state index is 0.0632. The first kappa shape index (κ1) is 19.4. The lowest BCUT2D eigenvalue weighted by Crippen LogP contribution is -2.13. The summed E-state index contributed by atoms with van der Waals surface area (Å²) in [7, 11) is 0. The van der Waals surface area contributed by atoms with Crippen LogP contribution >= 0.6 is 0 Å². The molecule has 1 amide bonds. The van der Waals surface area contributed by atoms with E-state index >= 15 is 0 Å². The second kappa shape index (κ2) is 8.61. The lowest BCUT2D eigenvalue weighted by molar-refractivity contribution is 0.102. The van der Waals surface area contributed by atoms with Crippen molar-refractivity contribution >= 4 is 11.6 Å². The molecule has 0 aliphatic rings. The van der Waals surface area contributed by atoms with Gasteiger partial charge in [0.1, 0.15) is 5.75 Å². The van der Waals surface area contributed by atoms with Gasteiger partial charge < -0.3 is 14.6 Å². The van der Waals surface area contributed by atoms with Crippen LogP contribution in [0.1, 0.15) is 27.4 Å². The monoisotopic (exact) mass is 399 g/mol. The summed E-state index contributed by atoms with van der Waals surface area (Å²) < 4.78 is 11.1. The van der Waals surface area contributed by atoms with Crippen LogP contribution in [0.25, 0.3) is 11.4 Å². The molecular formula is C24H21N3O3. The maximum Gasteiger partial charge on any atom is 0.264 e. The Labute approximate surface area is 174 Å². The number of aromatic nitrogens is 2. The molecule has 0 saturated carbocycles. The normalized spacial score (nSPS) is 10.6. The molecule has 4 aromatic rings. The molecule has 0 bridgehead atoms. The van der Waals surface area contributed by atoms with Gasteiger partial charge in [0.05, 0.1) is 5.56 Å². The average molecular weight is 399 g/mol. The first-order valence-electron chi connectivity index (χ1n) is 9.58. The van der Waals surface area contributed by atoms with Gasteiger partial charge in [0.2, 0.25) is 5.82 Å². The highest BCUT2D eigenvalue weighted by atomic mass is 16.5. The van der Waals surface area contributed by atoms with Crippen molar-refractivity contribution in [3.8, 4) is 17.1 Å². The molecule has 4 rings (SSSR count). The Bertz CT molecular complexity index is 1150. The van der Waals surface area contributed by atoms with Crippen molar-refractivity contribution in [2.45, 2.75) is 20.5 Å². The standard InChI is InChI=1S/C24H21N3O3/c1-16-7-11-18(12-8-16)23-26-22(30-27-23)15-29-21-6-4-3-5-20(21)24(28)25-19-13-9-17(2)10-14-19/h3-14H,15H2,1-2H3,(H,25,28). The maximum absolute atomic E-state index is 12.7. The summed E-state index contributed by atoms with van der Waals surface area (Å²) in [5, 5.41) is 6.89. The van der Waals surface area contributed by atoms with Crippen LogP contribution < -0.4 is 10.1 Å². The molecule has 0 spiro atoms. The van der Waals surface area contributed by atoms with E-state index in [9.17, 15) is 4.79 Å². The van der Waals surface area contributed by atoms with Gasteiger partial charge in [-0.25, -0.2) is 0 Å². The van der Waals surface area contributed by atoms with Crippen LogP contribution in [-0.4, -0.2) is 16.0 Å². The number of anilines is 1. The Morgan fingerprint density at radius 2 is 1.60 bits per heavy atom. The zero-order valence-electron chi connectivity index (χ0n) is 16.8. The molecule has 150 valence electrons. The summed E-state index contributed by atoms with van der Waals surface area (Å²) in [4.78, 5) is 17.1. The predicted octanol–water partition coefficient (Wildman–Crippen LogP) is 5.18. The molecule has 0 atom stereocenters. The van der Waals surface area contributed by atoms with Gasteiger partial charge in [-0.1, -0.05) is 64.8 Å². The molecule has 0 fully saturated rings. The van der Waals surface area contributed by atoms with Crippen LogP contribution in [-0.2, 0) is 6.61 Å². The number of benzene rings is 3. The van der Waals surface area contributed by atoms with Crippen molar-refractivity contribution in [2.24, 2.45) is 0 Å². The highest BCUT2D eigenvalue weighted by Gasteiger charge is 2.14. The van der Waals surface area contributed by atoms with Crippen LogP contribution in [0.15, 0.2) is 77.3 Å². The van der Waals surface area contributed by atoms with Gasteiger partial charge >= 0.3 is 0 Å². The van der Waals surface area contributed by atoms with Crippen LogP contribution in [0.2, 0.25) is 0 Å². The topological polar surface area (TPSA) is 77.2 Å². The fourth-order valence-corrected chi connectivity index (χ4v) is 2.89. The van der Waals surface area contributed by atoms with E-state index in [1.165, 1.54) is 0 Å². The summed E-state index contributed by atoms with van der Waals surface area (Å²) in [6, 6.07) is 22.5. The van der Waals surface area contributed by atoms with Gasteiger partial charge in [-0.15, -0.1) is 0 Å². The molecule has 1 heterocycles. The largest absolute Gasteiger partial charge is 0.483 e. The number of ether oxygens (including phenoxy) is 1. The van der Waals surface area contributed by atoms with E-state index in [2.05, 4.69) is 15.5 Å². The van der Waals surface area contributed by atoms with Gasteiger partial charge in [-0.3, -0.25) is 4.79 Å². The quantitative estimate of drug-likeness (QED) is 0.483. The summed E-state index contributed by atoms with van der Waals surface area (Å²) in [6.07, 6.45) is 0. The summed E-state index contributed by atoms with van der Waals surface area (Å²) in [6.45, 7) is 4.08. The number of rotatable bonds is 6. The van der Waals surface area contributed by atoms with Crippen LogP contribution in [0.4, 0.5) is 5.69 Å². The van der Waals surface area contributed by atoms with Crippen molar-refractivity contribution in [1.29, 1.82) is 0 Å². The Morgan fingerprint density at radius 3 is 2.33 bits per heavy atom. The molecule has 1 N–H and O–H groups in total. The van der Waals surface area contributed by atoms with E-state index in [4.69, 9.17) is 9.26 Å². The Balaban J connectivity index is 1.45. The molecule has 0 radical (unpaired) electrons. The molecule has 0 aliphatic carbocycles. The molecule has 0 saturated heterocycles. The number of aryl methyl sites for hydroxylation is 2. The van der Waals surface area contributed by atoms with E-state index in [1.807, 2.05) is 68.4 Å². The lowest BCUT2D eigenvalue weighted by atomic mass is 10.1. The van der Waals surface area contributed by atoms with Gasteiger partial charge in [0.15, 0.2) is 6.61 Å². The third-order valence-electron chi connectivity index (χ3n) is 4.57. The molecule has 6 heteroatoms. The molecule has 6 nitrogen and oxygen atoms in total. The van der Waals surface area contributed by atoms with Crippen LogP contribution in [0.5, 0.6) is 5.75 Å². The number of hydrogen-bond donors (Lipinski definition) is 1. The highest BCUT2D eigenvalue weighted by molar-refractivity contribution is 6.06. The van der Waals surface area contributed by atoms with Crippen molar-refractivity contribution in [3.05, 3.63) is 95.4 Å². The minimum atomic E-state index is -0.250. The third kappa shape index (κ3) is 4.55. The number of amides is 1. The second-order valence-corrected chi connectivity index (χ2v) is 6.98. The maximum atomic E-state index is 12.7. The molecule has 1 aromatic heterocycles. The van der Waals surface area contributed by atoms with Gasteiger partial charge in [0, 0.05) is 11.3 Å². The van der Waals surface area contributed by atoms with Crippen molar-refractivity contribution in [1.82, 2.24) is 10.1 Å². The zero-order valence-corrected chi connectivity index (χ0v) is 16.8. The average Bonchev–Trinajstić information content (AvgIpc) is 3.23. The summed E-state index contributed by atoms with van der Waals surface area (Å²) >= 11 is 0. The number of nitrogens with zero attached hydrogens (tertiary/aromatic N) is 2. The highest BCUT2D eigenvalue weighted by Crippen LogP contribution is 2.22. The van der Waals surface area contributed by atoms with E-state index < -0.39 is 0 Å². The van der Waals surface area contributed by atoms with Gasteiger partial charge in [-0.2, -0.15) is 4.98 Å². The van der Waals surface area contributed by atoms with Crippen LogP contribution in [0.3, 0.4) is 0 Å². The second-order valence-electron chi connectivity index (χ2n) is 6.98. The van der Waals surface area contributed by atoms with Crippen molar-refractivity contribution in [3.63, 3.8) is 0 Å². The fraction of sp³-hybridized carbons (Fsp3) is 0.125. The zero-order chi connectivity index (χ0) is 20.9. The minimum Gasteiger partial charge on any atom is -0.483 e. The first-order valence-corrected chi connectivity index (χ1v) is 9.58. The third-order valence-corrected chi connectivity index (χ3v) is 4.57. The van der Waals surface area contributed by atoms with Crippen molar-refractivity contribution < 1.29 is 14.1 Å². The molecular weight excluding hydrogens is 378 g/mol. The van der Waals surface area contributed by atoms with E-state index in [0.29, 0.717) is 23.0 Å². The summed E-state index contributed by atoms with van der Waals surface area (Å²) in [5.74, 6) is 1.02. The number of hydrogen-bond acceptors (Lipinski definition) is 5. The van der Waals surface area contributed by atoms with Crippen LogP contribution in [0, 0.1) is 13.8 Å². The predicted molar refractivity (Wildman–Crippen MR) is 114 cm³/mol. The molecule has 0 aliphatic heterocycles. The van der Waals surface area contributed by atoms with Crippen molar-refractivity contribution in [2.75, 3.05) is 5.32 Å². The smallest absolute Gasteiger partial charge is 0.264 e. The van der Waals surface area contributed by atoms with E-state index in [-0.39, 0.29) is 12.5 Å². The molecule has 3 aromatic carbocycles. The number of nitrogens with one attached hydrogen (secondary N) is 1. The SMILES string of the molecule is Cc1ccc(NC(=O)c2ccccc2OCc2nc(-c3ccc(C)cc3)no2)cc1. The molecule has 30 heavy (non-hydrogen) atoms. The Morgan fingerprint density at radius 1 is 0.933 bits per heavy atom. The lowest BCUT2D eigenvalue weighted by Gasteiger charge is -2.10. The first-order chi connectivity index (χ1) is 14.6. The number of carbonyl (C=O) groups excluding carboxylic acids is 1. The Kier molecular flexibility index (Phi) is 5.57. The van der Waals surface area contributed by atoms with Gasteiger partial charge in [-0.05, 0) is 38.1 Å². The Hall–Kier alpha value is -3.93. The number of carbonyl (C=O) groups is 1. The molecule has 0 unspecified atom stereocenters.